The van der Waals surface area contributed by atoms with Gasteiger partial charge in [0.05, 0.1) is 4.91 Å². The van der Waals surface area contributed by atoms with Gasteiger partial charge in [-0.15, -0.1) is 0 Å². The molecule has 1 N–H and O–H groups in total. The van der Waals surface area contributed by atoms with E-state index in [1.54, 1.807) is 6.08 Å². The van der Waals surface area contributed by atoms with Gasteiger partial charge in [-0.3, -0.25) is 4.79 Å². The van der Waals surface area contributed by atoms with Crippen molar-refractivity contribution in [1.82, 2.24) is 5.32 Å². The Morgan fingerprint density at radius 3 is 2.42 bits per heavy atom. The molecule has 1 saturated heterocycles. The number of amides is 1. The van der Waals surface area contributed by atoms with E-state index >= 15 is 0 Å². The van der Waals surface area contributed by atoms with E-state index in [4.69, 9.17) is 21.7 Å². The second kappa shape index (κ2) is 7.99. The Morgan fingerprint density at radius 2 is 1.71 bits per heavy atom. The van der Waals surface area contributed by atoms with E-state index < -0.39 is 0 Å². The number of para-hydroxylation sites is 1. The quantitative estimate of drug-likeness (QED) is 0.486. The van der Waals surface area contributed by atoms with Crippen molar-refractivity contribution in [2.75, 3.05) is 13.2 Å². The summed E-state index contributed by atoms with van der Waals surface area (Å²) in [6, 6.07) is 17.2. The summed E-state index contributed by atoms with van der Waals surface area (Å²) in [6.45, 7) is 0.899. The molecule has 0 saturated carbocycles. The monoisotopic (exact) mass is 357 g/mol. The molecule has 1 fully saturated rings. The molecule has 1 aliphatic heterocycles. The predicted octanol–water partition coefficient (Wildman–Crippen LogP) is 3.63. The third kappa shape index (κ3) is 4.59. The van der Waals surface area contributed by atoms with E-state index in [9.17, 15) is 4.79 Å². The van der Waals surface area contributed by atoms with Gasteiger partial charge in [0, 0.05) is 0 Å². The van der Waals surface area contributed by atoms with Crippen LogP contribution in [-0.2, 0) is 4.79 Å². The van der Waals surface area contributed by atoms with Crippen LogP contribution in [0.25, 0.3) is 6.08 Å². The van der Waals surface area contributed by atoms with Crippen LogP contribution in [0.2, 0.25) is 0 Å². The van der Waals surface area contributed by atoms with Crippen LogP contribution in [0.15, 0.2) is 59.5 Å². The van der Waals surface area contributed by atoms with Gasteiger partial charge < -0.3 is 14.8 Å². The van der Waals surface area contributed by atoms with Gasteiger partial charge in [-0.2, -0.15) is 0 Å². The summed E-state index contributed by atoms with van der Waals surface area (Å²) in [5.41, 5.74) is 0.888. The van der Waals surface area contributed by atoms with Crippen LogP contribution in [0.4, 0.5) is 0 Å². The standard InChI is InChI=1S/C18H15NO3S2/c20-17-16(24-18(23)19-17)12-13-5-4-8-15(11-13)22-10-9-21-14-6-2-1-3-7-14/h1-8,11-12H,9-10H2,(H,19,20,23). The van der Waals surface area contributed by atoms with Crippen molar-refractivity contribution in [3.05, 3.63) is 65.1 Å². The van der Waals surface area contributed by atoms with Crippen molar-refractivity contribution < 1.29 is 14.3 Å². The summed E-state index contributed by atoms with van der Waals surface area (Å²) in [6.07, 6.45) is 1.80. The lowest BCUT2D eigenvalue weighted by molar-refractivity contribution is -0.115. The molecule has 2 aromatic rings. The number of thiocarbonyl (C=S) groups is 1. The highest BCUT2D eigenvalue weighted by Gasteiger charge is 2.21. The van der Waals surface area contributed by atoms with Gasteiger partial charge in [0.2, 0.25) is 0 Å². The number of carbonyl (C=O) groups excluding carboxylic acids is 1. The summed E-state index contributed by atoms with van der Waals surface area (Å²) in [7, 11) is 0. The molecule has 0 bridgehead atoms. The lowest BCUT2D eigenvalue weighted by Gasteiger charge is -2.08. The maximum Gasteiger partial charge on any atom is 0.263 e. The second-order valence-electron chi connectivity index (χ2n) is 4.93. The van der Waals surface area contributed by atoms with Gasteiger partial charge in [-0.25, -0.2) is 0 Å². The number of thioether (sulfide) groups is 1. The van der Waals surface area contributed by atoms with Crippen molar-refractivity contribution in [1.29, 1.82) is 0 Å². The van der Waals surface area contributed by atoms with Crippen molar-refractivity contribution >= 4 is 40.3 Å². The first-order valence-electron chi connectivity index (χ1n) is 7.36. The van der Waals surface area contributed by atoms with Crippen LogP contribution in [0.3, 0.4) is 0 Å². The van der Waals surface area contributed by atoms with Crippen molar-refractivity contribution in [3.8, 4) is 11.5 Å². The third-order valence-corrected chi connectivity index (χ3v) is 4.32. The minimum absolute atomic E-state index is 0.160. The van der Waals surface area contributed by atoms with E-state index in [-0.39, 0.29) is 5.91 Å². The number of rotatable bonds is 6. The fraction of sp³-hybridized carbons (Fsp3) is 0.111. The van der Waals surface area contributed by atoms with Gasteiger partial charge in [0.1, 0.15) is 29.0 Å². The first-order valence-corrected chi connectivity index (χ1v) is 8.59. The maximum atomic E-state index is 11.7. The third-order valence-electron chi connectivity index (χ3n) is 3.16. The summed E-state index contributed by atoms with van der Waals surface area (Å²) in [5, 5.41) is 2.60. The lowest BCUT2D eigenvalue weighted by atomic mass is 10.2. The average molecular weight is 357 g/mol. The van der Waals surface area contributed by atoms with E-state index in [0.29, 0.717) is 22.4 Å². The smallest absolute Gasteiger partial charge is 0.263 e. The fourth-order valence-corrected chi connectivity index (χ4v) is 3.15. The molecule has 1 aliphatic rings. The molecule has 4 nitrogen and oxygen atoms in total. The molecular formula is C18H15NO3S2. The minimum Gasteiger partial charge on any atom is -0.490 e. The Kier molecular flexibility index (Phi) is 5.51. The second-order valence-corrected chi connectivity index (χ2v) is 6.65. The Labute approximate surface area is 149 Å². The molecule has 24 heavy (non-hydrogen) atoms. The molecule has 0 unspecified atom stereocenters. The van der Waals surface area contributed by atoms with Crippen LogP contribution >= 0.6 is 24.0 Å². The summed E-state index contributed by atoms with van der Waals surface area (Å²) in [5.74, 6) is 1.39. The highest BCUT2D eigenvalue weighted by atomic mass is 32.2. The normalized spacial score (nSPS) is 15.4. The minimum atomic E-state index is -0.160. The zero-order valence-electron chi connectivity index (χ0n) is 12.7. The Hall–Kier alpha value is -2.31. The first-order chi connectivity index (χ1) is 11.7. The topological polar surface area (TPSA) is 47.6 Å². The zero-order valence-corrected chi connectivity index (χ0v) is 14.4. The number of carbonyl (C=O) groups is 1. The molecule has 1 heterocycles. The largest absolute Gasteiger partial charge is 0.490 e. The van der Waals surface area contributed by atoms with Gasteiger partial charge in [-0.05, 0) is 35.9 Å². The van der Waals surface area contributed by atoms with Crippen LogP contribution in [0.1, 0.15) is 5.56 Å². The molecule has 6 heteroatoms. The molecule has 0 radical (unpaired) electrons. The zero-order chi connectivity index (χ0) is 16.8. The van der Waals surface area contributed by atoms with Crippen molar-refractivity contribution in [3.63, 3.8) is 0 Å². The van der Waals surface area contributed by atoms with Gasteiger partial charge in [0.25, 0.3) is 5.91 Å². The highest BCUT2D eigenvalue weighted by molar-refractivity contribution is 8.26. The van der Waals surface area contributed by atoms with Crippen molar-refractivity contribution in [2.24, 2.45) is 0 Å². The van der Waals surface area contributed by atoms with E-state index in [2.05, 4.69) is 5.32 Å². The molecule has 0 atom stereocenters. The number of ether oxygens (including phenoxy) is 2. The molecule has 0 aliphatic carbocycles. The maximum absolute atomic E-state index is 11.7. The molecule has 0 spiro atoms. The first kappa shape index (κ1) is 16.5. The average Bonchev–Trinajstić information content (AvgIpc) is 2.90. The summed E-state index contributed by atoms with van der Waals surface area (Å²) >= 11 is 6.24. The van der Waals surface area contributed by atoms with Gasteiger partial charge >= 0.3 is 0 Å². The number of benzene rings is 2. The van der Waals surface area contributed by atoms with Crippen LogP contribution in [0, 0.1) is 0 Å². The fourth-order valence-electron chi connectivity index (χ4n) is 2.10. The Balaban J connectivity index is 1.55. The molecule has 1 amide bonds. The predicted molar refractivity (Wildman–Crippen MR) is 100 cm³/mol. The highest BCUT2D eigenvalue weighted by Crippen LogP contribution is 2.26. The summed E-state index contributed by atoms with van der Waals surface area (Å²) < 4.78 is 11.8. The van der Waals surface area contributed by atoms with Crippen LogP contribution in [-0.4, -0.2) is 23.4 Å². The SMILES string of the molecule is O=C1NC(=S)SC1=Cc1cccc(OCCOc2ccccc2)c1. The number of hydrogen-bond acceptors (Lipinski definition) is 5. The number of nitrogens with one attached hydrogen (secondary N) is 1. The molecule has 0 aromatic heterocycles. The summed E-state index contributed by atoms with van der Waals surface area (Å²) in [4.78, 5) is 12.3. The van der Waals surface area contributed by atoms with Gasteiger partial charge in [-0.1, -0.05) is 54.3 Å². The molecule has 122 valence electrons. The molecule has 2 aromatic carbocycles. The van der Waals surface area contributed by atoms with E-state index in [0.717, 1.165) is 17.1 Å². The van der Waals surface area contributed by atoms with Crippen molar-refractivity contribution in [2.45, 2.75) is 0 Å². The van der Waals surface area contributed by atoms with E-state index in [1.165, 1.54) is 11.8 Å². The van der Waals surface area contributed by atoms with Gasteiger partial charge in [0.15, 0.2) is 0 Å². The molecule has 3 rings (SSSR count). The Morgan fingerprint density at radius 1 is 1.00 bits per heavy atom. The molecular weight excluding hydrogens is 342 g/mol. The van der Waals surface area contributed by atoms with Crippen LogP contribution in [0.5, 0.6) is 11.5 Å². The van der Waals surface area contributed by atoms with Crippen LogP contribution < -0.4 is 14.8 Å². The lowest BCUT2D eigenvalue weighted by Crippen LogP contribution is -2.17. The number of hydrogen-bond donors (Lipinski definition) is 1. The van der Waals surface area contributed by atoms with E-state index in [1.807, 2.05) is 54.6 Å². The Bertz CT molecular complexity index is 775.